The lowest BCUT2D eigenvalue weighted by Crippen LogP contribution is -2.29. The summed E-state index contributed by atoms with van der Waals surface area (Å²) in [5, 5.41) is 20.1. The van der Waals surface area contributed by atoms with Gasteiger partial charge >= 0.3 is 5.97 Å². The highest BCUT2D eigenvalue weighted by Gasteiger charge is 2.34. The molecule has 0 spiro atoms. The Morgan fingerprint density at radius 2 is 2.00 bits per heavy atom. The number of likely N-dealkylation sites (tertiary alicyclic amines) is 1. The summed E-state index contributed by atoms with van der Waals surface area (Å²) in [5.74, 6) is -1.30. The number of nitrogens with zero attached hydrogens (tertiary/aromatic N) is 2. The van der Waals surface area contributed by atoms with Crippen molar-refractivity contribution in [1.82, 2.24) is 9.88 Å². The van der Waals surface area contributed by atoms with Crippen LogP contribution in [-0.4, -0.2) is 58.3 Å². The van der Waals surface area contributed by atoms with Crippen molar-refractivity contribution in [3.8, 4) is 5.75 Å². The van der Waals surface area contributed by atoms with Crippen LogP contribution in [-0.2, 0) is 11.2 Å². The van der Waals surface area contributed by atoms with Crippen LogP contribution in [0.5, 0.6) is 5.75 Å². The minimum atomic E-state index is -0.654. The Kier molecular flexibility index (Phi) is 5.18. The standard InChI is InChI=1S/C19H20N2O5/c1-26-19(25)13-6-12(8-16(22)9-13)18(24)21-10-14(17(23)11-21)7-15-4-2-3-5-20-15/h2-6,8-9,14,17,22-23H,7,10-11H2,1H3/t14-,17-/m1/s1. The highest BCUT2D eigenvalue weighted by Crippen LogP contribution is 2.24. The van der Waals surface area contributed by atoms with Crippen molar-refractivity contribution in [1.29, 1.82) is 0 Å². The van der Waals surface area contributed by atoms with Crippen molar-refractivity contribution < 1.29 is 24.5 Å². The molecule has 136 valence electrons. The molecule has 3 rings (SSSR count). The fourth-order valence-electron chi connectivity index (χ4n) is 3.16. The molecule has 7 nitrogen and oxygen atoms in total. The van der Waals surface area contributed by atoms with Crippen LogP contribution in [0.2, 0.25) is 0 Å². The third-order valence-corrected chi connectivity index (χ3v) is 4.48. The van der Waals surface area contributed by atoms with E-state index in [2.05, 4.69) is 9.72 Å². The molecule has 1 fully saturated rings. The van der Waals surface area contributed by atoms with Gasteiger partial charge in [0.25, 0.3) is 5.91 Å². The summed E-state index contributed by atoms with van der Waals surface area (Å²) in [4.78, 5) is 30.2. The largest absolute Gasteiger partial charge is 0.508 e. The number of esters is 1. The van der Waals surface area contributed by atoms with E-state index in [1.54, 1.807) is 6.20 Å². The number of hydrogen-bond donors (Lipinski definition) is 2. The fraction of sp³-hybridized carbons (Fsp3) is 0.316. The highest BCUT2D eigenvalue weighted by molar-refractivity contribution is 5.98. The molecule has 0 saturated carbocycles. The van der Waals surface area contributed by atoms with E-state index in [9.17, 15) is 19.8 Å². The van der Waals surface area contributed by atoms with Crippen LogP contribution in [0.25, 0.3) is 0 Å². The number of aromatic nitrogens is 1. The molecule has 0 aliphatic carbocycles. The highest BCUT2D eigenvalue weighted by atomic mass is 16.5. The molecule has 1 aliphatic rings. The van der Waals surface area contributed by atoms with Crippen LogP contribution in [0.4, 0.5) is 0 Å². The smallest absolute Gasteiger partial charge is 0.338 e. The molecular formula is C19H20N2O5. The lowest BCUT2D eigenvalue weighted by molar-refractivity contribution is 0.0600. The third-order valence-electron chi connectivity index (χ3n) is 4.48. The SMILES string of the molecule is COC(=O)c1cc(O)cc(C(=O)N2C[C@@H](Cc3ccccn3)[C@H](O)C2)c1. The zero-order valence-corrected chi connectivity index (χ0v) is 14.3. The van der Waals surface area contributed by atoms with E-state index < -0.39 is 12.1 Å². The first-order valence-corrected chi connectivity index (χ1v) is 8.27. The predicted molar refractivity (Wildman–Crippen MR) is 92.8 cm³/mol. The number of benzene rings is 1. The van der Waals surface area contributed by atoms with Crippen LogP contribution in [0.1, 0.15) is 26.4 Å². The van der Waals surface area contributed by atoms with Gasteiger partial charge in [0.05, 0.1) is 18.8 Å². The van der Waals surface area contributed by atoms with Crippen molar-refractivity contribution in [2.24, 2.45) is 5.92 Å². The van der Waals surface area contributed by atoms with Crippen LogP contribution < -0.4 is 0 Å². The van der Waals surface area contributed by atoms with Crippen molar-refractivity contribution in [3.63, 3.8) is 0 Å². The first-order valence-electron chi connectivity index (χ1n) is 8.27. The van der Waals surface area contributed by atoms with Crippen molar-refractivity contribution >= 4 is 11.9 Å². The Morgan fingerprint density at radius 1 is 1.23 bits per heavy atom. The number of aromatic hydroxyl groups is 1. The Bertz CT molecular complexity index is 809. The molecule has 1 aromatic heterocycles. The first kappa shape index (κ1) is 17.9. The van der Waals surface area contributed by atoms with E-state index in [4.69, 9.17) is 0 Å². The molecule has 2 aromatic rings. The second-order valence-corrected chi connectivity index (χ2v) is 6.32. The number of carbonyl (C=O) groups excluding carboxylic acids is 2. The summed E-state index contributed by atoms with van der Waals surface area (Å²) >= 11 is 0. The lowest BCUT2D eigenvalue weighted by Gasteiger charge is -2.17. The average molecular weight is 356 g/mol. The van der Waals surface area contributed by atoms with E-state index >= 15 is 0 Å². The number of aliphatic hydroxyl groups is 1. The molecule has 26 heavy (non-hydrogen) atoms. The summed E-state index contributed by atoms with van der Waals surface area (Å²) in [6.45, 7) is 0.569. The molecule has 2 heterocycles. The number of ether oxygens (including phenoxy) is 1. The van der Waals surface area contributed by atoms with Crippen molar-refractivity contribution in [3.05, 3.63) is 59.4 Å². The molecular weight excluding hydrogens is 336 g/mol. The molecule has 1 aliphatic heterocycles. The molecule has 0 bridgehead atoms. The van der Waals surface area contributed by atoms with Gasteiger partial charge in [-0.25, -0.2) is 4.79 Å². The van der Waals surface area contributed by atoms with E-state index in [1.165, 1.54) is 30.2 Å². The Hall–Kier alpha value is -2.93. The fourth-order valence-corrected chi connectivity index (χ4v) is 3.16. The first-order chi connectivity index (χ1) is 12.5. The van der Waals surface area contributed by atoms with Crippen molar-refractivity contribution in [2.75, 3.05) is 20.2 Å². The molecule has 1 amide bonds. The second-order valence-electron chi connectivity index (χ2n) is 6.32. The number of hydrogen-bond acceptors (Lipinski definition) is 6. The number of aliphatic hydroxyl groups excluding tert-OH is 1. The van der Waals surface area contributed by atoms with Gasteiger partial charge in [-0.3, -0.25) is 9.78 Å². The average Bonchev–Trinajstić information content (AvgIpc) is 3.01. The number of β-amino-alcohol motifs (C(OH)–C–C–N with tert-alkyl or cyclic N) is 1. The topological polar surface area (TPSA) is 100.0 Å². The van der Waals surface area contributed by atoms with E-state index in [0.717, 1.165) is 5.69 Å². The van der Waals surface area contributed by atoms with Crippen LogP contribution >= 0.6 is 0 Å². The quantitative estimate of drug-likeness (QED) is 0.800. The monoisotopic (exact) mass is 356 g/mol. The number of phenolic OH excluding ortho intramolecular Hbond substituents is 1. The van der Waals surface area contributed by atoms with Gasteiger partial charge in [0.2, 0.25) is 0 Å². The predicted octanol–water partition coefficient (Wildman–Crippen LogP) is 1.25. The number of methoxy groups -OCH3 is 1. The summed E-state index contributed by atoms with van der Waals surface area (Å²) < 4.78 is 4.63. The van der Waals surface area contributed by atoms with E-state index in [1.807, 2.05) is 18.2 Å². The van der Waals surface area contributed by atoms with Gasteiger partial charge in [-0.2, -0.15) is 0 Å². The lowest BCUT2D eigenvalue weighted by atomic mass is 10.00. The van der Waals surface area contributed by atoms with Gasteiger partial charge in [-0.15, -0.1) is 0 Å². The van der Waals surface area contributed by atoms with Gasteiger partial charge in [-0.1, -0.05) is 6.07 Å². The van der Waals surface area contributed by atoms with Crippen molar-refractivity contribution in [2.45, 2.75) is 12.5 Å². The van der Waals surface area contributed by atoms with E-state index in [-0.39, 0.29) is 35.2 Å². The van der Waals surface area contributed by atoms with Crippen LogP contribution in [0.3, 0.4) is 0 Å². The normalized spacial score (nSPS) is 19.4. The minimum absolute atomic E-state index is 0.0978. The number of carbonyl (C=O) groups is 2. The van der Waals surface area contributed by atoms with Gasteiger partial charge in [0, 0.05) is 36.5 Å². The molecule has 0 radical (unpaired) electrons. The molecule has 0 unspecified atom stereocenters. The minimum Gasteiger partial charge on any atom is -0.508 e. The zero-order chi connectivity index (χ0) is 18.7. The molecule has 2 atom stereocenters. The summed E-state index contributed by atoms with van der Waals surface area (Å²) in [6.07, 6.45) is 1.61. The van der Waals surface area contributed by atoms with Crippen LogP contribution in [0, 0.1) is 5.92 Å². The number of phenols is 1. The molecule has 1 saturated heterocycles. The number of pyridine rings is 1. The Labute approximate surface area is 150 Å². The number of amides is 1. The van der Waals surface area contributed by atoms with E-state index in [0.29, 0.717) is 13.0 Å². The summed E-state index contributed by atoms with van der Waals surface area (Å²) in [7, 11) is 1.23. The second kappa shape index (κ2) is 7.53. The summed E-state index contributed by atoms with van der Waals surface area (Å²) in [6, 6.07) is 9.51. The van der Waals surface area contributed by atoms with Crippen LogP contribution in [0.15, 0.2) is 42.6 Å². The van der Waals surface area contributed by atoms with Gasteiger partial charge in [0.1, 0.15) is 5.75 Å². The molecule has 7 heteroatoms. The maximum Gasteiger partial charge on any atom is 0.338 e. The molecule has 1 aromatic carbocycles. The third kappa shape index (κ3) is 3.83. The maximum absolute atomic E-state index is 12.7. The van der Waals surface area contributed by atoms with Gasteiger partial charge in [0.15, 0.2) is 0 Å². The zero-order valence-electron chi connectivity index (χ0n) is 14.3. The summed E-state index contributed by atoms with van der Waals surface area (Å²) in [5.41, 5.74) is 1.13. The Morgan fingerprint density at radius 3 is 2.69 bits per heavy atom. The van der Waals surface area contributed by atoms with Gasteiger partial charge in [-0.05, 0) is 36.8 Å². The maximum atomic E-state index is 12.7. The Balaban J connectivity index is 1.74. The van der Waals surface area contributed by atoms with Gasteiger partial charge < -0.3 is 19.8 Å². The molecule has 2 N–H and O–H groups in total. The number of rotatable bonds is 4.